The average molecular weight is 1050 g/mol. The van der Waals surface area contributed by atoms with Crippen LogP contribution >= 0.6 is 0 Å². The molecule has 0 aliphatic carbocycles. The molecular weight excluding hydrogens is 1010 g/mol. The summed E-state index contributed by atoms with van der Waals surface area (Å²) in [5.74, 6) is 0. The maximum Gasteiger partial charge on any atom is 0.172 e. The summed E-state index contributed by atoms with van der Waals surface area (Å²) in [4.78, 5) is 36.2. The molecule has 59 heavy (non-hydrogen) atoms. The molecule has 7 N–H and O–H groups in total. The topological polar surface area (TPSA) is 300 Å². The molecule has 0 amide bonds. The molecule has 309 valence electrons. The van der Waals surface area contributed by atoms with Crippen molar-refractivity contribution in [3.8, 4) is 0 Å². The van der Waals surface area contributed by atoms with Gasteiger partial charge in [-0.1, -0.05) is 20.8 Å². The Labute approximate surface area is 410 Å². The van der Waals surface area contributed by atoms with Crippen molar-refractivity contribution in [1.82, 2.24) is 58.6 Å². The van der Waals surface area contributed by atoms with Crippen LogP contribution in [0.4, 0.5) is 4.39 Å². The summed E-state index contributed by atoms with van der Waals surface area (Å²) in [5, 5.41) is 66.2. The minimum absolute atomic E-state index is 0. The molecule has 6 aromatic heterocycles. The third-order valence-corrected chi connectivity index (χ3v) is 9.69. The van der Waals surface area contributed by atoms with Gasteiger partial charge >= 0.3 is 0 Å². The molecule has 26 heteroatoms. The third-order valence-electron chi connectivity index (χ3n) is 9.69. The smallest absolute Gasteiger partial charge is 0.172 e. The molecule has 9 rings (SSSR count). The number of aryl methyl sites for hydroxylation is 3. The second-order valence-electron chi connectivity index (χ2n) is 13.2. The zero-order valence-electron chi connectivity index (χ0n) is 31.7. The summed E-state index contributed by atoms with van der Waals surface area (Å²) in [6, 6.07) is 0. The van der Waals surface area contributed by atoms with E-state index < -0.39 is 68.0 Å². The van der Waals surface area contributed by atoms with E-state index in [1.54, 1.807) is 24.7 Å². The van der Waals surface area contributed by atoms with Gasteiger partial charge in [-0.05, 0) is 17.1 Å². The average Bonchev–Trinajstić information content (AvgIpc) is 4.06. The van der Waals surface area contributed by atoms with Gasteiger partial charge in [0.25, 0.3) is 0 Å². The third kappa shape index (κ3) is 10.0. The molecule has 0 aromatic carbocycles. The van der Waals surface area contributed by atoms with Crippen molar-refractivity contribution >= 4 is 33.5 Å². The second-order valence-corrected chi connectivity index (χ2v) is 13.2. The molecule has 3 aliphatic heterocycles. The van der Waals surface area contributed by atoms with Gasteiger partial charge in [-0.2, -0.15) is 0 Å². The first kappa shape index (κ1) is 50.1. The van der Waals surface area contributed by atoms with Gasteiger partial charge in [-0.15, -0.1) is 0 Å². The van der Waals surface area contributed by atoms with Crippen molar-refractivity contribution in [2.45, 2.75) is 94.8 Å². The van der Waals surface area contributed by atoms with Crippen molar-refractivity contribution in [1.29, 1.82) is 0 Å². The van der Waals surface area contributed by atoms with Gasteiger partial charge in [0, 0.05) is 140 Å². The number of fused-ring (bicyclic) bond motifs is 3. The van der Waals surface area contributed by atoms with Gasteiger partial charge in [-0.25, -0.2) is 4.39 Å². The summed E-state index contributed by atoms with van der Waals surface area (Å²) in [6.45, 7) is 4.32. The Balaban J connectivity index is 0.000000191. The quantitative estimate of drug-likeness (QED) is 0.0859. The van der Waals surface area contributed by atoms with E-state index in [0.29, 0.717) is 51.3 Å². The first-order valence-electron chi connectivity index (χ1n) is 17.3. The van der Waals surface area contributed by atoms with Gasteiger partial charge in [-0.3, -0.25) is 15.0 Å². The van der Waals surface area contributed by atoms with Crippen molar-refractivity contribution in [2.24, 2.45) is 0 Å². The maximum absolute atomic E-state index is 14.0. The largest absolute Gasteiger partial charge is 0.394 e. The van der Waals surface area contributed by atoms with E-state index in [9.17, 15) is 24.8 Å². The molecule has 3 fully saturated rings. The number of aromatic nitrogens is 12. The predicted octanol–water partition coefficient (Wildman–Crippen LogP) is -2.36. The fourth-order valence-electron chi connectivity index (χ4n) is 6.58. The zero-order valence-corrected chi connectivity index (χ0v) is 40.3. The van der Waals surface area contributed by atoms with Crippen LogP contribution in [0.25, 0.3) is 33.5 Å². The van der Waals surface area contributed by atoms with E-state index in [2.05, 4.69) is 63.8 Å². The maximum atomic E-state index is 14.0. The predicted molar refractivity (Wildman–Crippen MR) is 183 cm³/mol. The fraction of sp³-hybridized carbons (Fsp3) is 0.545. The van der Waals surface area contributed by atoms with E-state index in [4.69, 9.17) is 29.5 Å². The first-order valence-corrected chi connectivity index (χ1v) is 17.3. The Morgan fingerprint density at radius 2 is 0.983 bits per heavy atom. The molecule has 0 bridgehead atoms. The van der Waals surface area contributed by atoms with Crippen molar-refractivity contribution < 1.29 is 152 Å². The van der Waals surface area contributed by atoms with Gasteiger partial charge in [0.15, 0.2) is 18.6 Å². The number of imidazole rings is 3. The number of alkyl halides is 1. The molecule has 6 aromatic rings. The Hall–Kier alpha value is -1.51. The molecule has 9 heterocycles. The van der Waals surface area contributed by atoms with Gasteiger partial charge in [0.1, 0.15) is 42.9 Å². The van der Waals surface area contributed by atoms with Crippen LogP contribution in [-0.4, -0.2) is 163 Å². The Kier molecular flexibility index (Phi) is 18.5. The SMILES string of the molecule is Cc1n[c-]nc2c1ncn2C1CC(O)C(CO)O1.Cc1n[c-]nc2c1ncn2C1OC(CO)C(O)C1F.Cc1n[c-]nc2c1ncn2C1OC(CO)C(O)C1O.[Y].[Y].[Y]. The first-order chi connectivity index (χ1) is 27.0. The fourth-order valence-corrected chi connectivity index (χ4v) is 6.58. The van der Waals surface area contributed by atoms with Crippen LogP contribution in [0.2, 0.25) is 0 Å². The van der Waals surface area contributed by atoms with Crippen LogP contribution < -0.4 is 0 Å². The van der Waals surface area contributed by atoms with Gasteiger partial charge in [0.2, 0.25) is 0 Å². The monoisotopic (exact) mass is 1050 g/mol. The zero-order chi connectivity index (χ0) is 39.8. The minimum atomic E-state index is -1.66. The molecule has 0 saturated carbocycles. The van der Waals surface area contributed by atoms with Crippen molar-refractivity contribution in [3.05, 3.63) is 55.0 Å². The van der Waals surface area contributed by atoms with Gasteiger partial charge in [0.05, 0.1) is 61.8 Å². The standard InChI is InChI=1S/C11H12FN4O3.C11H13N4O4.C11H13N4O3.3Y/c1-5-8-10(14-3-13-5)16(4-15-8)11-7(12)9(18)6(2-17)19-11;1-5-7-10(13-3-12-5)15(4-14-7)11-9(18)8(17)6(2-16)19-11;1-6-10-11(13-4-12-6)15(5-14-10)9-2-7(17)8(3-16)18-9;;;/h4,6-7,9,11,17-18H,2H2,1H3;4,6,8-9,11,16-18H,2H2,1H3;5,7-9,16-17H,2-3H2,1H3;;;/q3*-1;;;. The van der Waals surface area contributed by atoms with E-state index in [1.165, 1.54) is 21.8 Å². The second kappa shape index (κ2) is 21.7. The van der Waals surface area contributed by atoms with E-state index in [-0.39, 0.29) is 118 Å². The summed E-state index contributed by atoms with van der Waals surface area (Å²) in [7, 11) is 0. The number of ether oxygens (including phenoxy) is 3. The minimum Gasteiger partial charge on any atom is -0.394 e. The number of nitrogens with zero attached hydrogens (tertiary/aromatic N) is 12. The van der Waals surface area contributed by atoms with Crippen LogP contribution in [0.1, 0.15) is 42.2 Å². The molecule has 11 unspecified atom stereocenters. The Morgan fingerprint density at radius 3 is 1.41 bits per heavy atom. The number of hydrogen-bond donors (Lipinski definition) is 7. The van der Waals surface area contributed by atoms with Crippen molar-refractivity contribution in [3.63, 3.8) is 0 Å². The van der Waals surface area contributed by atoms with E-state index in [1.807, 2.05) is 6.92 Å². The summed E-state index contributed by atoms with van der Waals surface area (Å²) in [5.41, 5.74) is 5.29. The molecule has 22 nitrogen and oxygen atoms in total. The molecular formula is C33H38FN12O10Y3-3. The number of hydrogen-bond acceptors (Lipinski definition) is 19. The van der Waals surface area contributed by atoms with Gasteiger partial charge < -0.3 is 93.6 Å². The number of aliphatic hydroxyl groups is 7. The summed E-state index contributed by atoms with van der Waals surface area (Å²) in [6.07, 6.45) is 1.70. The molecule has 3 aliphatic rings. The molecule has 3 saturated heterocycles. The normalized spacial score (nSPS) is 28.6. The number of rotatable bonds is 6. The summed E-state index contributed by atoms with van der Waals surface area (Å²) >= 11 is 0. The Morgan fingerprint density at radius 1 is 0.576 bits per heavy atom. The van der Waals surface area contributed by atoms with E-state index >= 15 is 0 Å². The van der Waals surface area contributed by atoms with Crippen LogP contribution in [0, 0.1) is 39.8 Å². The van der Waals surface area contributed by atoms with Crippen LogP contribution in [0.5, 0.6) is 0 Å². The molecule has 11 atom stereocenters. The van der Waals surface area contributed by atoms with Crippen molar-refractivity contribution in [2.75, 3.05) is 19.8 Å². The van der Waals surface area contributed by atoms with E-state index in [0.717, 1.165) is 5.69 Å². The van der Waals surface area contributed by atoms with Crippen LogP contribution in [-0.2, 0) is 112 Å². The number of aliphatic hydroxyl groups excluding tert-OH is 7. The van der Waals surface area contributed by atoms with Crippen LogP contribution in [0.15, 0.2) is 19.0 Å². The Bertz CT molecular complexity index is 2190. The van der Waals surface area contributed by atoms with Crippen LogP contribution in [0.3, 0.4) is 0 Å². The number of halogens is 1. The molecule has 3 radical (unpaired) electrons. The summed E-state index contributed by atoms with van der Waals surface area (Å²) < 4.78 is 34.9. The molecule has 0 spiro atoms.